The number of hydrogen-bond donors (Lipinski definition) is 1. The Bertz CT molecular complexity index is 920. The Labute approximate surface area is 210 Å². The van der Waals surface area contributed by atoms with Crippen LogP contribution >= 0.6 is 35.0 Å². The van der Waals surface area contributed by atoms with E-state index in [1.165, 1.54) is 32.1 Å². The number of nitrogens with one attached hydrogen (secondary N) is 1. The van der Waals surface area contributed by atoms with Crippen LogP contribution in [0.15, 0.2) is 22.7 Å². The molecule has 9 heteroatoms. The summed E-state index contributed by atoms with van der Waals surface area (Å²) in [5.41, 5.74) is 0.689. The predicted molar refractivity (Wildman–Crippen MR) is 135 cm³/mol. The Hall–Kier alpha value is -1.28. The third kappa shape index (κ3) is 7.35. The van der Waals surface area contributed by atoms with Gasteiger partial charge in [0.15, 0.2) is 0 Å². The molecule has 180 valence electrons. The Balaban J connectivity index is 1.20. The van der Waals surface area contributed by atoms with Crippen LogP contribution in [0.1, 0.15) is 57.3 Å². The smallest absolute Gasteiger partial charge is 0.241 e. The number of likely N-dealkylation sites (tertiary alicyclic amines) is 1. The fraction of sp³-hybridized carbons (Fsp3) is 0.625. The summed E-state index contributed by atoms with van der Waals surface area (Å²) in [4.78, 5) is 19.4. The molecule has 0 spiro atoms. The van der Waals surface area contributed by atoms with Crippen molar-refractivity contribution in [3.63, 3.8) is 0 Å². The molecule has 2 fully saturated rings. The van der Waals surface area contributed by atoms with Crippen molar-refractivity contribution in [3.8, 4) is 11.4 Å². The number of carbonyl (C=O) groups is 1. The summed E-state index contributed by atoms with van der Waals surface area (Å²) in [6.45, 7) is 2.92. The van der Waals surface area contributed by atoms with Gasteiger partial charge in [-0.2, -0.15) is 16.7 Å². The lowest BCUT2D eigenvalue weighted by atomic mass is 9.97. The molecular formula is C24H32Cl2N4O2S. The van der Waals surface area contributed by atoms with Crippen molar-refractivity contribution >= 4 is 40.9 Å². The van der Waals surface area contributed by atoms with E-state index in [-0.39, 0.29) is 11.8 Å². The molecule has 1 saturated carbocycles. The van der Waals surface area contributed by atoms with Crippen LogP contribution in [0, 0.1) is 5.92 Å². The summed E-state index contributed by atoms with van der Waals surface area (Å²) in [6.07, 6.45) is 9.84. The molecule has 1 N–H and O–H groups in total. The van der Waals surface area contributed by atoms with Gasteiger partial charge in [0.2, 0.25) is 17.6 Å². The Morgan fingerprint density at radius 2 is 2.03 bits per heavy atom. The van der Waals surface area contributed by atoms with Crippen LogP contribution in [0.25, 0.3) is 11.4 Å². The highest BCUT2D eigenvalue weighted by Gasteiger charge is 2.27. The number of carbonyl (C=O) groups excluding carboxylic acids is 1. The first-order valence-electron chi connectivity index (χ1n) is 12.0. The first-order chi connectivity index (χ1) is 16.1. The van der Waals surface area contributed by atoms with E-state index in [9.17, 15) is 4.79 Å². The summed E-state index contributed by atoms with van der Waals surface area (Å²) in [5, 5.41) is 9.11. The van der Waals surface area contributed by atoms with Crippen molar-refractivity contribution in [2.24, 2.45) is 5.92 Å². The SMILES string of the molecule is O=C(NCCCSC1CCCCC1)C1CCCN(Cc2nc(-c3ccc(Cl)cc3Cl)no2)C1. The van der Waals surface area contributed by atoms with Gasteiger partial charge < -0.3 is 9.84 Å². The fourth-order valence-corrected chi connectivity index (χ4v) is 6.42. The highest BCUT2D eigenvalue weighted by molar-refractivity contribution is 7.99. The molecule has 1 amide bonds. The van der Waals surface area contributed by atoms with Gasteiger partial charge in [-0.05, 0) is 62.6 Å². The van der Waals surface area contributed by atoms with Crippen molar-refractivity contribution in [3.05, 3.63) is 34.1 Å². The molecule has 1 aliphatic carbocycles. The number of amides is 1. The van der Waals surface area contributed by atoms with Crippen LogP contribution in [0.3, 0.4) is 0 Å². The average molecular weight is 512 g/mol. The van der Waals surface area contributed by atoms with Crippen molar-refractivity contribution in [2.75, 3.05) is 25.4 Å². The maximum atomic E-state index is 12.7. The first kappa shape index (κ1) is 24.8. The van der Waals surface area contributed by atoms with Crippen LogP contribution in [-0.4, -0.2) is 51.6 Å². The van der Waals surface area contributed by atoms with Gasteiger partial charge >= 0.3 is 0 Å². The highest BCUT2D eigenvalue weighted by atomic mass is 35.5. The van der Waals surface area contributed by atoms with Gasteiger partial charge in [-0.3, -0.25) is 9.69 Å². The van der Waals surface area contributed by atoms with Crippen molar-refractivity contribution < 1.29 is 9.32 Å². The highest BCUT2D eigenvalue weighted by Crippen LogP contribution is 2.29. The molecule has 2 heterocycles. The maximum Gasteiger partial charge on any atom is 0.241 e. The minimum Gasteiger partial charge on any atom is -0.356 e. The monoisotopic (exact) mass is 510 g/mol. The van der Waals surface area contributed by atoms with E-state index in [0.29, 0.717) is 40.4 Å². The molecule has 1 aromatic carbocycles. The van der Waals surface area contributed by atoms with E-state index in [1.54, 1.807) is 18.2 Å². The normalized spacial score (nSPS) is 20.1. The van der Waals surface area contributed by atoms with Crippen molar-refractivity contribution in [2.45, 2.75) is 63.2 Å². The number of rotatable bonds is 9. The number of thioether (sulfide) groups is 1. The average Bonchev–Trinajstić information content (AvgIpc) is 3.27. The summed E-state index contributed by atoms with van der Waals surface area (Å²) >= 11 is 14.3. The largest absolute Gasteiger partial charge is 0.356 e. The quantitative estimate of drug-likeness (QED) is 0.428. The van der Waals surface area contributed by atoms with Crippen LogP contribution in [0.5, 0.6) is 0 Å². The fourth-order valence-electron chi connectivity index (χ4n) is 4.61. The van der Waals surface area contributed by atoms with Gasteiger partial charge in [0.1, 0.15) is 0 Å². The van der Waals surface area contributed by atoms with Gasteiger partial charge in [0.05, 0.1) is 17.5 Å². The molecule has 6 nitrogen and oxygen atoms in total. The second-order valence-electron chi connectivity index (χ2n) is 8.99. The predicted octanol–water partition coefficient (Wildman–Crippen LogP) is 5.83. The van der Waals surface area contributed by atoms with E-state index >= 15 is 0 Å². The second kappa shape index (κ2) is 12.4. The summed E-state index contributed by atoms with van der Waals surface area (Å²) in [6, 6.07) is 5.20. The molecule has 2 aromatic rings. The lowest BCUT2D eigenvalue weighted by Gasteiger charge is -2.30. The minimum absolute atomic E-state index is 0.0119. The van der Waals surface area contributed by atoms with Crippen molar-refractivity contribution in [1.29, 1.82) is 0 Å². The molecule has 1 aliphatic heterocycles. The number of aromatic nitrogens is 2. The van der Waals surface area contributed by atoms with Crippen LogP contribution in [-0.2, 0) is 11.3 Å². The zero-order valence-corrected chi connectivity index (χ0v) is 21.2. The molecular weight excluding hydrogens is 479 g/mol. The number of benzene rings is 1. The molecule has 2 aliphatic rings. The third-order valence-electron chi connectivity index (χ3n) is 6.40. The summed E-state index contributed by atoms with van der Waals surface area (Å²) in [5.74, 6) is 2.29. The minimum atomic E-state index is 0.0119. The molecule has 1 unspecified atom stereocenters. The molecule has 33 heavy (non-hydrogen) atoms. The van der Waals surface area contributed by atoms with Gasteiger partial charge in [0, 0.05) is 28.9 Å². The number of nitrogens with zero attached hydrogens (tertiary/aromatic N) is 3. The molecule has 1 aromatic heterocycles. The van der Waals surface area contributed by atoms with Gasteiger partial charge in [0.25, 0.3) is 0 Å². The standard InChI is InChI=1S/C24H32Cl2N4O2S/c25-18-9-10-20(21(26)14-18)23-28-22(32-29-23)16-30-12-4-6-17(15-30)24(31)27-11-5-13-33-19-7-2-1-3-8-19/h9-10,14,17,19H,1-8,11-13,15-16H2,(H,27,31). The lowest BCUT2D eigenvalue weighted by molar-refractivity contribution is -0.126. The van der Waals surface area contributed by atoms with E-state index in [0.717, 1.165) is 43.4 Å². The third-order valence-corrected chi connectivity index (χ3v) is 8.42. The molecule has 1 atom stereocenters. The lowest BCUT2D eigenvalue weighted by Crippen LogP contribution is -2.43. The van der Waals surface area contributed by atoms with E-state index in [4.69, 9.17) is 27.7 Å². The van der Waals surface area contributed by atoms with Gasteiger partial charge in [-0.15, -0.1) is 0 Å². The van der Waals surface area contributed by atoms with Crippen LogP contribution in [0.4, 0.5) is 0 Å². The van der Waals surface area contributed by atoms with Crippen LogP contribution in [0.2, 0.25) is 10.0 Å². The van der Waals surface area contributed by atoms with Gasteiger partial charge in [-0.1, -0.05) is 47.6 Å². The summed E-state index contributed by atoms with van der Waals surface area (Å²) in [7, 11) is 0. The maximum absolute atomic E-state index is 12.7. The van der Waals surface area contributed by atoms with E-state index in [1.807, 2.05) is 0 Å². The van der Waals surface area contributed by atoms with Gasteiger partial charge in [-0.25, -0.2) is 0 Å². The topological polar surface area (TPSA) is 71.3 Å². The Morgan fingerprint density at radius 1 is 1.18 bits per heavy atom. The second-order valence-corrected chi connectivity index (χ2v) is 11.2. The summed E-state index contributed by atoms with van der Waals surface area (Å²) < 4.78 is 5.45. The number of halogens is 2. The van der Waals surface area contributed by atoms with E-state index < -0.39 is 0 Å². The van der Waals surface area contributed by atoms with Crippen LogP contribution < -0.4 is 5.32 Å². The van der Waals surface area contributed by atoms with Crippen molar-refractivity contribution in [1.82, 2.24) is 20.4 Å². The van der Waals surface area contributed by atoms with E-state index in [2.05, 4.69) is 32.1 Å². The number of piperidine rings is 1. The molecule has 0 bridgehead atoms. The zero-order chi connectivity index (χ0) is 23.0. The number of hydrogen-bond acceptors (Lipinski definition) is 6. The Kier molecular flexibility index (Phi) is 9.35. The first-order valence-corrected chi connectivity index (χ1v) is 13.8. The molecule has 1 saturated heterocycles. The molecule has 4 rings (SSSR count). The zero-order valence-electron chi connectivity index (χ0n) is 18.9. The Morgan fingerprint density at radius 3 is 2.85 bits per heavy atom. The molecule has 0 radical (unpaired) electrons.